The van der Waals surface area contributed by atoms with Gasteiger partial charge in [0.2, 0.25) is 0 Å². The number of carbonyl (C=O) groups is 2. The summed E-state index contributed by atoms with van der Waals surface area (Å²) in [5, 5.41) is 7.61. The third-order valence-electron chi connectivity index (χ3n) is 8.16. The fourth-order valence-electron chi connectivity index (χ4n) is 5.70. The van der Waals surface area contributed by atoms with E-state index in [1.165, 1.54) is 35.9 Å². The average Bonchev–Trinajstić information content (AvgIpc) is 3.46. The summed E-state index contributed by atoms with van der Waals surface area (Å²) in [6.45, 7) is 10.9. The number of nitrogens with one attached hydrogen (secondary N) is 1. The first-order valence-corrected chi connectivity index (χ1v) is 14.7. The topological polar surface area (TPSA) is 76.5 Å². The zero-order valence-electron chi connectivity index (χ0n) is 25.5. The van der Waals surface area contributed by atoms with Gasteiger partial charge in [-0.2, -0.15) is 5.10 Å². The molecule has 224 valence electrons. The van der Waals surface area contributed by atoms with E-state index < -0.39 is 0 Å². The van der Waals surface area contributed by atoms with E-state index in [1.54, 1.807) is 18.3 Å². The minimum atomic E-state index is -0.376. The lowest BCUT2D eigenvalue weighted by molar-refractivity contribution is 0.0600. The number of aromatic nitrogens is 2. The van der Waals surface area contributed by atoms with Crippen LogP contribution in [0.1, 0.15) is 76.9 Å². The molecule has 1 aromatic heterocycles. The van der Waals surface area contributed by atoms with Crippen molar-refractivity contribution in [2.24, 2.45) is 0 Å². The molecule has 1 saturated heterocycles. The van der Waals surface area contributed by atoms with E-state index in [2.05, 4.69) is 28.3 Å². The number of likely N-dealkylation sites (tertiary alicyclic amines) is 1. The molecule has 1 fully saturated rings. The van der Waals surface area contributed by atoms with Crippen LogP contribution in [0, 0.1) is 12.7 Å². The summed E-state index contributed by atoms with van der Waals surface area (Å²) in [6.07, 6.45) is 3.66. The van der Waals surface area contributed by atoms with Gasteiger partial charge in [0.15, 0.2) is 0 Å². The molecule has 4 aromatic rings. The maximum absolute atomic E-state index is 13.7. The van der Waals surface area contributed by atoms with Crippen LogP contribution in [0.4, 0.5) is 10.1 Å². The number of hydrogen-bond acceptors (Lipinski definition) is 5. The number of aryl methyl sites for hydroxylation is 1. The third-order valence-corrected chi connectivity index (χ3v) is 8.16. The van der Waals surface area contributed by atoms with Crippen LogP contribution in [0.15, 0.2) is 72.9 Å². The number of methoxy groups -OCH3 is 1. The number of benzene rings is 3. The van der Waals surface area contributed by atoms with Crippen molar-refractivity contribution in [3.8, 4) is 11.3 Å². The molecule has 8 heteroatoms. The van der Waals surface area contributed by atoms with E-state index in [4.69, 9.17) is 4.74 Å². The molecule has 1 aliphatic heterocycles. The number of rotatable bonds is 7. The first kappa shape index (κ1) is 30.2. The second-order valence-corrected chi connectivity index (χ2v) is 12.3. The van der Waals surface area contributed by atoms with Gasteiger partial charge in [-0.25, -0.2) is 9.18 Å². The second-order valence-electron chi connectivity index (χ2n) is 12.3. The summed E-state index contributed by atoms with van der Waals surface area (Å²) in [4.78, 5) is 27.8. The molecule has 43 heavy (non-hydrogen) atoms. The van der Waals surface area contributed by atoms with Gasteiger partial charge in [0.1, 0.15) is 5.82 Å². The van der Waals surface area contributed by atoms with Gasteiger partial charge in [0.25, 0.3) is 5.91 Å². The molecule has 7 nitrogen and oxygen atoms in total. The standard InChI is InChI=1S/C35H39FN4O3/c1-23-6-15-30(38-33(41)31-21-37-40(35(2,3)4)32(31)26-11-13-29(36)14-12-26)20-28(23)22-39-18-16-25(17-19-39)24-7-9-27(10-8-24)34(42)43-5/h6-15,20-21,25H,16-19,22H2,1-5H3,(H,38,41). The number of carbonyl (C=O) groups excluding carboxylic acids is 2. The summed E-state index contributed by atoms with van der Waals surface area (Å²) in [6, 6.07) is 19.9. The fourth-order valence-corrected chi connectivity index (χ4v) is 5.70. The summed E-state index contributed by atoms with van der Waals surface area (Å²) in [5.41, 5.74) is 6.33. The lowest BCUT2D eigenvalue weighted by atomic mass is 9.88. The highest BCUT2D eigenvalue weighted by atomic mass is 19.1. The summed E-state index contributed by atoms with van der Waals surface area (Å²) < 4.78 is 20.3. The summed E-state index contributed by atoms with van der Waals surface area (Å²) in [7, 11) is 1.39. The number of esters is 1. The van der Waals surface area contributed by atoms with Crippen molar-refractivity contribution in [1.29, 1.82) is 0 Å². The van der Waals surface area contributed by atoms with Crippen molar-refractivity contribution in [2.45, 2.75) is 58.5 Å². The van der Waals surface area contributed by atoms with Gasteiger partial charge < -0.3 is 10.1 Å². The van der Waals surface area contributed by atoms with E-state index >= 15 is 0 Å². The summed E-state index contributed by atoms with van der Waals surface area (Å²) >= 11 is 0. The van der Waals surface area contributed by atoms with E-state index in [-0.39, 0.29) is 23.2 Å². The zero-order valence-corrected chi connectivity index (χ0v) is 25.5. The first-order chi connectivity index (χ1) is 20.5. The molecule has 0 saturated carbocycles. The molecule has 0 atom stereocenters. The number of ether oxygens (including phenoxy) is 1. The summed E-state index contributed by atoms with van der Waals surface area (Å²) in [5.74, 6) is -0.451. The predicted octanol–water partition coefficient (Wildman–Crippen LogP) is 7.17. The maximum atomic E-state index is 13.7. The Kier molecular flexibility index (Phi) is 8.78. The van der Waals surface area contributed by atoms with Gasteiger partial charge in [-0.15, -0.1) is 0 Å². The van der Waals surface area contributed by atoms with Crippen LogP contribution in [-0.2, 0) is 16.8 Å². The van der Waals surface area contributed by atoms with Crippen LogP contribution < -0.4 is 5.32 Å². The van der Waals surface area contributed by atoms with E-state index in [1.807, 2.05) is 61.9 Å². The van der Waals surface area contributed by atoms with Crippen LogP contribution in [-0.4, -0.2) is 46.8 Å². The molecule has 0 aliphatic carbocycles. The Morgan fingerprint density at radius 1 is 1.00 bits per heavy atom. The lowest BCUT2D eigenvalue weighted by Crippen LogP contribution is -2.32. The highest BCUT2D eigenvalue weighted by Crippen LogP contribution is 2.31. The zero-order chi connectivity index (χ0) is 30.7. The second kappa shape index (κ2) is 12.5. The highest BCUT2D eigenvalue weighted by Gasteiger charge is 2.26. The first-order valence-electron chi connectivity index (χ1n) is 14.7. The van der Waals surface area contributed by atoms with Crippen molar-refractivity contribution in [1.82, 2.24) is 14.7 Å². The minimum Gasteiger partial charge on any atom is -0.465 e. The maximum Gasteiger partial charge on any atom is 0.337 e. The molecule has 0 spiro atoms. The van der Waals surface area contributed by atoms with Gasteiger partial charge in [-0.1, -0.05) is 18.2 Å². The smallest absolute Gasteiger partial charge is 0.337 e. The molecule has 5 rings (SSSR count). The van der Waals surface area contributed by atoms with E-state index in [0.29, 0.717) is 22.7 Å². The van der Waals surface area contributed by atoms with Crippen molar-refractivity contribution < 1.29 is 18.7 Å². The molecule has 1 aliphatic rings. The monoisotopic (exact) mass is 582 g/mol. The minimum absolute atomic E-state index is 0.260. The number of piperidine rings is 1. The van der Waals surface area contributed by atoms with Gasteiger partial charge in [0, 0.05) is 17.8 Å². The number of halogens is 1. The largest absolute Gasteiger partial charge is 0.465 e. The van der Waals surface area contributed by atoms with Crippen LogP contribution in [0.3, 0.4) is 0 Å². The molecule has 1 N–H and O–H groups in total. The molecular formula is C35H39FN4O3. The van der Waals surface area contributed by atoms with E-state index in [9.17, 15) is 14.0 Å². The number of nitrogens with zero attached hydrogens (tertiary/aromatic N) is 3. The van der Waals surface area contributed by atoms with Gasteiger partial charge >= 0.3 is 5.97 Å². The molecule has 0 unspecified atom stereocenters. The van der Waals surface area contributed by atoms with Crippen molar-refractivity contribution in [3.63, 3.8) is 0 Å². The number of anilines is 1. The number of amides is 1. The van der Waals surface area contributed by atoms with Gasteiger partial charge in [-0.3, -0.25) is 14.4 Å². The van der Waals surface area contributed by atoms with Gasteiger partial charge in [0.05, 0.1) is 35.7 Å². The Hall–Kier alpha value is -4.30. The Bertz CT molecular complexity index is 1600. The molecule has 0 radical (unpaired) electrons. The average molecular weight is 583 g/mol. The molecule has 0 bridgehead atoms. The van der Waals surface area contributed by atoms with Crippen LogP contribution in [0.2, 0.25) is 0 Å². The predicted molar refractivity (Wildman–Crippen MR) is 167 cm³/mol. The van der Waals surface area contributed by atoms with Crippen molar-refractivity contribution in [2.75, 3.05) is 25.5 Å². The Morgan fingerprint density at radius 2 is 1.67 bits per heavy atom. The number of hydrogen-bond donors (Lipinski definition) is 1. The van der Waals surface area contributed by atoms with Crippen LogP contribution in [0.25, 0.3) is 11.3 Å². The normalized spacial score (nSPS) is 14.5. The van der Waals surface area contributed by atoms with Gasteiger partial charge in [-0.05, 0) is 125 Å². The Labute approximate surface area is 252 Å². The van der Waals surface area contributed by atoms with E-state index in [0.717, 1.165) is 43.7 Å². The van der Waals surface area contributed by atoms with Crippen LogP contribution in [0.5, 0.6) is 0 Å². The molecule has 2 heterocycles. The Morgan fingerprint density at radius 3 is 2.30 bits per heavy atom. The Balaban J connectivity index is 1.27. The van der Waals surface area contributed by atoms with Crippen LogP contribution >= 0.6 is 0 Å². The SMILES string of the molecule is COC(=O)c1ccc(C2CCN(Cc3cc(NC(=O)c4cnn(C(C)(C)C)c4-c4ccc(F)cc4)ccc3C)CC2)cc1. The highest BCUT2D eigenvalue weighted by molar-refractivity contribution is 6.08. The van der Waals surface area contributed by atoms with Crippen molar-refractivity contribution >= 4 is 17.6 Å². The third kappa shape index (κ3) is 6.86. The molecule has 1 amide bonds. The fraction of sp³-hybridized carbons (Fsp3) is 0.343. The lowest BCUT2D eigenvalue weighted by Gasteiger charge is -2.32. The molecule has 3 aromatic carbocycles. The molecular weight excluding hydrogens is 543 g/mol. The van der Waals surface area contributed by atoms with Crippen molar-refractivity contribution in [3.05, 3.63) is 107 Å². The quantitative estimate of drug-likeness (QED) is 0.234.